The SMILES string of the molecule is CC(NCCc1ccco1)c1ccc(Br)cc1Br. The first-order valence-corrected chi connectivity index (χ1v) is 7.46. The highest BCUT2D eigenvalue weighted by molar-refractivity contribution is 9.11. The van der Waals surface area contributed by atoms with Crippen molar-refractivity contribution in [1.29, 1.82) is 0 Å². The van der Waals surface area contributed by atoms with Crippen LogP contribution in [0.4, 0.5) is 0 Å². The van der Waals surface area contributed by atoms with Gasteiger partial charge in [0.25, 0.3) is 0 Å². The molecule has 1 heterocycles. The molecule has 0 saturated carbocycles. The van der Waals surface area contributed by atoms with Crippen LogP contribution in [0.25, 0.3) is 0 Å². The Balaban J connectivity index is 1.89. The third-order valence-corrected chi connectivity index (χ3v) is 4.01. The van der Waals surface area contributed by atoms with E-state index in [9.17, 15) is 0 Å². The molecule has 0 amide bonds. The van der Waals surface area contributed by atoms with Crippen molar-refractivity contribution in [3.63, 3.8) is 0 Å². The van der Waals surface area contributed by atoms with Crippen LogP contribution in [0, 0.1) is 0 Å². The van der Waals surface area contributed by atoms with E-state index >= 15 is 0 Å². The Bertz CT molecular complexity index is 497. The molecule has 0 aliphatic carbocycles. The fraction of sp³-hybridized carbons (Fsp3) is 0.286. The number of benzene rings is 1. The van der Waals surface area contributed by atoms with Gasteiger partial charge in [0.05, 0.1) is 6.26 Å². The molecule has 0 saturated heterocycles. The molecular formula is C14H15Br2NO. The topological polar surface area (TPSA) is 25.2 Å². The molecular weight excluding hydrogens is 358 g/mol. The summed E-state index contributed by atoms with van der Waals surface area (Å²) in [6.45, 7) is 3.06. The summed E-state index contributed by atoms with van der Waals surface area (Å²) in [6.07, 6.45) is 2.62. The van der Waals surface area contributed by atoms with Gasteiger partial charge in [0, 0.05) is 28.0 Å². The van der Waals surface area contributed by atoms with Gasteiger partial charge in [0.15, 0.2) is 0 Å². The number of halogens is 2. The first-order chi connectivity index (χ1) is 8.66. The van der Waals surface area contributed by atoms with Gasteiger partial charge in [0.1, 0.15) is 5.76 Å². The Kier molecular flexibility index (Phi) is 5.03. The largest absolute Gasteiger partial charge is 0.469 e. The van der Waals surface area contributed by atoms with Crippen molar-refractivity contribution in [3.05, 3.63) is 56.9 Å². The van der Waals surface area contributed by atoms with E-state index in [-0.39, 0.29) is 0 Å². The van der Waals surface area contributed by atoms with Crippen LogP contribution in [-0.2, 0) is 6.42 Å². The van der Waals surface area contributed by atoms with E-state index in [4.69, 9.17) is 4.42 Å². The van der Waals surface area contributed by atoms with Crippen LogP contribution in [0.5, 0.6) is 0 Å². The third-order valence-electron chi connectivity index (χ3n) is 2.83. The van der Waals surface area contributed by atoms with Gasteiger partial charge >= 0.3 is 0 Å². The van der Waals surface area contributed by atoms with Crippen LogP contribution >= 0.6 is 31.9 Å². The van der Waals surface area contributed by atoms with Crippen molar-refractivity contribution in [2.75, 3.05) is 6.54 Å². The highest BCUT2D eigenvalue weighted by Crippen LogP contribution is 2.26. The van der Waals surface area contributed by atoms with Crippen LogP contribution in [0.3, 0.4) is 0 Å². The van der Waals surface area contributed by atoms with Crippen LogP contribution in [0.15, 0.2) is 50.0 Å². The average Bonchev–Trinajstić information content (AvgIpc) is 2.81. The minimum Gasteiger partial charge on any atom is -0.469 e. The Morgan fingerprint density at radius 3 is 2.78 bits per heavy atom. The van der Waals surface area contributed by atoms with Crippen LogP contribution < -0.4 is 5.32 Å². The molecule has 2 rings (SSSR count). The molecule has 1 aromatic heterocycles. The zero-order valence-corrected chi connectivity index (χ0v) is 13.3. The summed E-state index contributed by atoms with van der Waals surface area (Å²) in [7, 11) is 0. The van der Waals surface area contributed by atoms with Crippen molar-refractivity contribution in [3.8, 4) is 0 Å². The Morgan fingerprint density at radius 2 is 2.11 bits per heavy atom. The van der Waals surface area contributed by atoms with Gasteiger partial charge < -0.3 is 9.73 Å². The van der Waals surface area contributed by atoms with E-state index < -0.39 is 0 Å². The van der Waals surface area contributed by atoms with Gasteiger partial charge in [-0.3, -0.25) is 0 Å². The van der Waals surface area contributed by atoms with E-state index in [0.717, 1.165) is 27.7 Å². The molecule has 1 aromatic carbocycles. The van der Waals surface area contributed by atoms with Gasteiger partial charge in [-0.05, 0) is 36.8 Å². The molecule has 96 valence electrons. The molecule has 1 atom stereocenters. The third kappa shape index (κ3) is 3.70. The van der Waals surface area contributed by atoms with Crippen molar-refractivity contribution < 1.29 is 4.42 Å². The summed E-state index contributed by atoms with van der Waals surface area (Å²) >= 11 is 7.05. The highest BCUT2D eigenvalue weighted by atomic mass is 79.9. The summed E-state index contributed by atoms with van der Waals surface area (Å²) < 4.78 is 7.51. The van der Waals surface area contributed by atoms with E-state index in [1.165, 1.54) is 5.56 Å². The maximum atomic E-state index is 5.31. The summed E-state index contributed by atoms with van der Waals surface area (Å²) in [4.78, 5) is 0. The molecule has 0 aliphatic heterocycles. The molecule has 2 aromatic rings. The molecule has 1 N–H and O–H groups in total. The number of hydrogen-bond acceptors (Lipinski definition) is 2. The number of hydrogen-bond donors (Lipinski definition) is 1. The summed E-state index contributed by atoms with van der Waals surface area (Å²) in [5.74, 6) is 1.02. The summed E-state index contributed by atoms with van der Waals surface area (Å²) in [6, 6.07) is 10.5. The van der Waals surface area contributed by atoms with E-state index in [2.05, 4.69) is 62.3 Å². The van der Waals surface area contributed by atoms with E-state index in [1.54, 1.807) is 6.26 Å². The van der Waals surface area contributed by atoms with Crippen LogP contribution in [0.2, 0.25) is 0 Å². The molecule has 18 heavy (non-hydrogen) atoms. The van der Waals surface area contributed by atoms with Crippen molar-refractivity contribution >= 4 is 31.9 Å². The summed E-state index contributed by atoms with van der Waals surface area (Å²) in [5.41, 5.74) is 1.26. The molecule has 1 unspecified atom stereocenters. The predicted molar refractivity (Wildman–Crippen MR) is 80.7 cm³/mol. The minimum atomic E-state index is 0.308. The van der Waals surface area contributed by atoms with Crippen molar-refractivity contribution in [1.82, 2.24) is 5.32 Å². The lowest BCUT2D eigenvalue weighted by Crippen LogP contribution is -2.21. The number of rotatable bonds is 5. The maximum absolute atomic E-state index is 5.31. The van der Waals surface area contributed by atoms with Crippen molar-refractivity contribution in [2.45, 2.75) is 19.4 Å². The van der Waals surface area contributed by atoms with Gasteiger partial charge in [0.2, 0.25) is 0 Å². The minimum absolute atomic E-state index is 0.308. The van der Waals surface area contributed by atoms with Gasteiger partial charge in [-0.1, -0.05) is 37.9 Å². The summed E-state index contributed by atoms with van der Waals surface area (Å²) in [5, 5.41) is 3.49. The first-order valence-electron chi connectivity index (χ1n) is 5.87. The second-order valence-electron chi connectivity index (χ2n) is 4.17. The second-order valence-corrected chi connectivity index (χ2v) is 5.94. The Morgan fingerprint density at radius 1 is 1.28 bits per heavy atom. The molecule has 4 heteroatoms. The molecule has 0 bridgehead atoms. The lowest BCUT2D eigenvalue weighted by molar-refractivity contribution is 0.486. The Labute approximate surface area is 124 Å². The molecule has 0 radical (unpaired) electrons. The first kappa shape index (κ1) is 13.8. The smallest absolute Gasteiger partial charge is 0.105 e. The van der Waals surface area contributed by atoms with Gasteiger partial charge in [-0.15, -0.1) is 0 Å². The molecule has 0 aliphatic rings. The molecule has 0 spiro atoms. The van der Waals surface area contributed by atoms with Crippen molar-refractivity contribution in [2.24, 2.45) is 0 Å². The fourth-order valence-electron chi connectivity index (χ4n) is 1.83. The van der Waals surface area contributed by atoms with E-state index in [1.807, 2.05) is 12.1 Å². The predicted octanol–water partition coefficient (Wildman–Crippen LogP) is 4.70. The lowest BCUT2D eigenvalue weighted by atomic mass is 10.1. The zero-order valence-electron chi connectivity index (χ0n) is 10.1. The zero-order chi connectivity index (χ0) is 13.0. The standard InChI is InChI=1S/C14H15Br2NO/c1-10(13-5-4-11(15)9-14(13)16)17-7-6-12-3-2-8-18-12/h2-5,8-10,17H,6-7H2,1H3. The fourth-order valence-corrected chi connectivity index (χ4v) is 3.22. The monoisotopic (exact) mass is 371 g/mol. The second kappa shape index (κ2) is 6.55. The average molecular weight is 373 g/mol. The lowest BCUT2D eigenvalue weighted by Gasteiger charge is -2.15. The van der Waals surface area contributed by atoms with Gasteiger partial charge in [-0.25, -0.2) is 0 Å². The highest BCUT2D eigenvalue weighted by Gasteiger charge is 2.09. The number of nitrogens with one attached hydrogen (secondary N) is 1. The van der Waals surface area contributed by atoms with Crippen LogP contribution in [0.1, 0.15) is 24.3 Å². The van der Waals surface area contributed by atoms with Crippen LogP contribution in [-0.4, -0.2) is 6.54 Å². The quantitative estimate of drug-likeness (QED) is 0.822. The molecule has 0 fully saturated rings. The maximum Gasteiger partial charge on any atom is 0.105 e. The normalized spacial score (nSPS) is 12.6. The number of furan rings is 1. The molecule has 2 nitrogen and oxygen atoms in total. The Hall–Kier alpha value is -0.580. The van der Waals surface area contributed by atoms with Gasteiger partial charge in [-0.2, -0.15) is 0 Å². The van der Waals surface area contributed by atoms with E-state index in [0.29, 0.717) is 6.04 Å².